The fraction of sp³-hybridized carbons (Fsp3) is 0.154. The molecule has 0 aliphatic heterocycles. The van der Waals surface area contributed by atoms with Gasteiger partial charge in [0.2, 0.25) is 0 Å². The number of hydrogen-bond acceptors (Lipinski definition) is 5. The van der Waals surface area contributed by atoms with E-state index < -0.39 is 11.8 Å². The van der Waals surface area contributed by atoms with Gasteiger partial charge >= 0.3 is 0 Å². The topological polar surface area (TPSA) is 109 Å². The Bertz CT molecular complexity index is 1200. The summed E-state index contributed by atoms with van der Waals surface area (Å²) in [5.41, 5.74) is 6.72. The van der Waals surface area contributed by atoms with Crippen LogP contribution >= 0.6 is 12.2 Å². The summed E-state index contributed by atoms with van der Waals surface area (Å²) in [6.07, 6.45) is 0.871. The second-order valence-electron chi connectivity index (χ2n) is 7.62. The van der Waals surface area contributed by atoms with E-state index in [-0.39, 0.29) is 17.1 Å². The van der Waals surface area contributed by atoms with Gasteiger partial charge in [-0.05, 0) is 80.2 Å². The van der Waals surface area contributed by atoms with Gasteiger partial charge in [0.25, 0.3) is 17.7 Å². The Kier molecular flexibility index (Phi) is 8.91. The average molecular weight is 491 g/mol. The Morgan fingerprint density at radius 1 is 0.800 bits per heavy atom. The number of benzene rings is 3. The predicted molar refractivity (Wildman–Crippen MR) is 138 cm³/mol. The van der Waals surface area contributed by atoms with Gasteiger partial charge in [-0.3, -0.25) is 30.6 Å². The van der Waals surface area contributed by atoms with Crippen molar-refractivity contribution in [2.75, 3.05) is 5.32 Å². The molecule has 4 N–H and O–H groups in total. The molecule has 3 aromatic rings. The molecule has 0 aliphatic rings. The second kappa shape index (κ2) is 12.3. The number of hydrazine groups is 1. The molecule has 1 unspecified atom stereocenters. The van der Waals surface area contributed by atoms with Gasteiger partial charge in [0, 0.05) is 22.4 Å². The van der Waals surface area contributed by atoms with Crippen molar-refractivity contribution in [3.05, 3.63) is 95.6 Å². The molecule has 180 valence electrons. The molecule has 0 spiro atoms. The van der Waals surface area contributed by atoms with Crippen LogP contribution in [0.5, 0.6) is 5.75 Å². The van der Waals surface area contributed by atoms with E-state index in [1.807, 2.05) is 19.9 Å². The van der Waals surface area contributed by atoms with Crippen molar-refractivity contribution in [2.45, 2.75) is 26.4 Å². The Hall–Kier alpha value is -4.24. The van der Waals surface area contributed by atoms with Crippen LogP contribution in [0, 0.1) is 0 Å². The highest BCUT2D eigenvalue weighted by Crippen LogP contribution is 2.16. The highest BCUT2D eigenvalue weighted by atomic mass is 32.1. The standard InChI is InChI=1S/C26H26N4O4S/c1-3-17(2)34-22-11-7-10-20(16-22)24(32)28-26(35)30-29-25(33)19-12-14-21(15-13-19)27-23(31)18-8-5-4-6-9-18/h4-17H,3H2,1-2H3,(H,27,31)(H,29,33)(H2,28,30,32,35). The van der Waals surface area contributed by atoms with Crippen LogP contribution in [-0.2, 0) is 0 Å². The number of hydrogen-bond donors (Lipinski definition) is 4. The van der Waals surface area contributed by atoms with Crippen LogP contribution in [0.3, 0.4) is 0 Å². The van der Waals surface area contributed by atoms with E-state index in [4.69, 9.17) is 17.0 Å². The lowest BCUT2D eigenvalue weighted by Gasteiger charge is -2.14. The summed E-state index contributed by atoms with van der Waals surface area (Å²) in [6.45, 7) is 3.96. The second-order valence-corrected chi connectivity index (χ2v) is 8.03. The van der Waals surface area contributed by atoms with Crippen LogP contribution in [-0.4, -0.2) is 28.9 Å². The molecular formula is C26H26N4O4S. The third-order valence-electron chi connectivity index (χ3n) is 4.97. The first kappa shape index (κ1) is 25.4. The van der Waals surface area contributed by atoms with Gasteiger partial charge in [-0.1, -0.05) is 31.2 Å². The van der Waals surface area contributed by atoms with Gasteiger partial charge in [0.1, 0.15) is 5.75 Å². The third kappa shape index (κ3) is 7.65. The molecule has 0 bridgehead atoms. The maximum absolute atomic E-state index is 12.5. The Morgan fingerprint density at radius 3 is 2.14 bits per heavy atom. The summed E-state index contributed by atoms with van der Waals surface area (Å²) in [5.74, 6) is -0.568. The monoisotopic (exact) mass is 490 g/mol. The summed E-state index contributed by atoms with van der Waals surface area (Å²) >= 11 is 5.10. The summed E-state index contributed by atoms with van der Waals surface area (Å²) in [6, 6.07) is 21.9. The number of amides is 3. The van der Waals surface area contributed by atoms with Crippen molar-refractivity contribution in [3.63, 3.8) is 0 Å². The molecule has 8 nitrogen and oxygen atoms in total. The number of carbonyl (C=O) groups excluding carboxylic acids is 3. The van der Waals surface area contributed by atoms with Crippen LogP contribution in [0.4, 0.5) is 5.69 Å². The molecule has 0 radical (unpaired) electrons. The fourth-order valence-electron chi connectivity index (χ4n) is 2.92. The number of ether oxygens (including phenoxy) is 1. The van der Waals surface area contributed by atoms with Crippen LogP contribution in [0.2, 0.25) is 0 Å². The molecule has 1 atom stereocenters. The molecule has 0 heterocycles. The van der Waals surface area contributed by atoms with Crippen LogP contribution in [0.15, 0.2) is 78.9 Å². The molecule has 9 heteroatoms. The summed E-state index contributed by atoms with van der Waals surface area (Å²) < 4.78 is 5.73. The Balaban J connectivity index is 1.48. The number of nitrogens with one attached hydrogen (secondary N) is 4. The molecule has 3 amide bonds. The molecule has 3 aromatic carbocycles. The minimum atomic E-state index is -0.466. The van der Waals surface area contributed by atoms with Crippen molar-refractivity contribution >= 4 is 40.7 Å². The van der Waals surface area contributed by atoms with E-state index in [9.17, 15) is 14.4 Å². The maximum Gasteiger partial charge on any atom is 0.269 e. The normalized spacial score (nSPS) is 11.0. The minimum absolute atomic E-state index is 0.0282. The highest BCUT2D eigenvalue weighted by molar-refractivity contribution is 7.80. The molecule has 3 rings (SSSR count). The summed E-state index contributed by atoms with van der Waals surface area (Å²) in [4.78, 5) is 37.1. The molecule has 35 heavy (non-hydrogen) atoms. The first-order chi connectivity index (χ1) is 16.9. The maximum atomic E-state index is 12.5. The van der Waals surface area contributed by atoms with Crippen molar-refractivity contribution < 1.29 is 19.1 Å². The van der Waals surface area contributed by atoms with Crippen LogP contribution in [0.25, 0.3) is 0 Å². The Morgan fingerprint density at radius 2 is 1.46 bits per heavy atom. The summed E-state index contributed by atoms with van der Waals surface area (Å²) in [5, 5.41) is 5.21. The van der Waals surface area contributed by atoms with E-state index in [0.717, 1.165) is 6.42 Å². The van der Waals surface area contributed by atoms with E-state index >= 15 is 0 Å². The SMILES string of the molecule is CCC(C)Oc1cccc(C(=O)NC(=S)NNC(=O)c2ccc(NC(=O)c3ccccc3)cc2)c1. The van der Waals surface area contributed by atoms with E-state index in [2.05, 4.69) is 21.5 Å². The lowest BCUT2D eigenvalue weighted by atomic mass is 10.1. The Labute approximate surface area is 209 Å². The lowest BCUT2D eigenvalue weighted by Crippen LogP contribution is -2.48. The van der Waals surface area contributed by atoms with Crippen LogP contribution < -0.4 is 26.2 Å². The zero-order chi connectivity index (χ0) is 25.2. The average Bonchev–Trinajstić information content (AvgIpc) is 2.88. The number of thiocarbonyl (C=S) groups is 1. The van der Waals surface area contributed by atoms with Gasteiger partial charge in [-0.25, -0.2) is 0 Å². The van der Waals surface area contributed by atoms with Crippen LogP contribution in [0.1, 0.15) is 51.3 Å². The third-order valence-corrected chi connectivity index (χ3v) is 5.17. The zero-order valence-corrected chi connectivity index (χ0v) is 20.1. The summed E-state index contributed by atoms with van der Waals surface area (Å²) in [7, 11) is 0. The largest absolute Gasteiger partial charge is 0.491 e. The fourth-order valence-corrected chi connectivity index (χ4v) is 3.06. The smallest absolute Gasteiger partial charge is 0.269 e. The van der Waals surface area contributed by atoms with Gasteiger partial charge in [-0.2, -0.15) is 0 Å². The zero-order valence-electron chi connectivity index (χ0n) is 19.3. The van der Waals surface area contributed by atoms with E-state index in [1.165, 1.54) is 0 Å². The van der Waals surface area contributed by atoms with Crippen molar-refractivity contribution in [1.29, 1.82) is 0 Å². The first-order valence-corrected chi connectivity index (χ1v) is 11.4. The van der Waals surface area contributed by atoms with Crippen molar-refractivity contribution in [2.24, 2.45) is 0 Å². The minimum Gasteiger partial charge on any atom is -0.491 e. The van der Waals surface area contributed by atoms with Crippen molar-refractivity contribution in [3.8, 4) is 5.75 Å². The number of anilines is 1. The number of rotatable bonds is 7. The van der Waals surface area contributed by atoms with E-state index in [0.29, 0.717) is 28.1 Å². The highest BCUT2D eigenvalue weighted by Gasteiger charge is 2.12. The van der Waals surface area contributed by atoms with Gasteiger partial charge in [0.15, 0.2) is 5.11 Å². The first-order valence-electron chi connectivity index (χ1n) is 11.0. The molecule has 0 saturated heterocycles. The molecule has 0 fully saturated rings. The molecule has 0 aliphatic carbocycles. The molecular weight excluding hydrogens is 464 g/mol. The van der Waals surface area contributed by atoms with Gasteiger partial charge < -0.3 is 10.1 Å². The number of carbonyl (C=O) groups is 3. The van der Waals surface area contributed by atoms with Gasteiger partial charge in [0.05, 0.1) is 6.10 Å². The lowest BCUT2D eigenvalue weighted by molar-refractivity contribution is 0.0934. The van der Waals surface area contributed by atoms with Gasteiger partial charge in [-0.15, -0.1) is 0 Å². The molecule has 0 aromatic heterocycles. The quantitative estimate of drug-likeness (QED) is 0.294. The molecule has 0 saturated carbocycles. The van der Waals surface area contributed by atoms with Crippen molar-refractivity contribution in [1.82, 2.24) is 16.2 Å². The predicted octanol–water partition coefficient (Wildman–Crippen LogP) is 4.07. The van der Waals surface area contributed by atoms with E-state index in [1.54, 1.807) is 72.8 Å².